The standard InChI is InChI=1S/C32H48N2S/c1-31(2)17-18-32(3,4)28-22-26(13-14-27(28)31)29-23-35-30(33-29)25-15-20-34(21-16-25)19-9-12-24-10-7-5-6-8-11-24/h13-14,22-25H,5-12,15-21H2,1-4H3. The zero-order valence-corrected chi connectivity index (χ0v) is 23.7. The Morgan fingerprint density at radius 1 is 0.886 bits per heavy atom. The van der Waals surface area contributed by atoms with Crippen molar-refractivity contribution in [2.24, 2.45) is 5.92 Å². The molecule has 0 radical (unpaired) electrons. The molecule has 35 heavy (non-hydrogen) atoms. The first-order valence-corrected chi connectivity index (χ1v) is 15.5. The number of benzene rings is 1. The van der Waals surface area contributed by atoms with Crippen LogP contribution >= 0.6 is 11.3 Å². The van der Waals surface area contributed by atoms with Crippen LogP contribution in [0.2, 0.25) is 0 Å². The smallest absolute Gasteiger partial charge is 0.0964 e. The quantitative estimate of drug-likeness (QED) is 0.374. The topological polar surface area (TPSA) is 16.1 Å². The Morgan fingerprint density at radius 3 is 2.29 bits per heavy atom. The minimum Gasteiger partial charge on any atom is -0.303 e. The van der Waals surface area contributed by atoms with E-state index in [9.17, 15) is 0 Å². The number of rotatable bonds is 6. The normalized spacial score (nSPS) is 23.7. The van der Waals surface area contributed by atoms with Crippen LogP contribution in [-0.4, -0.2) is 29.5 Å². The van der Waals surface area contributed by atoms with Crippen LogP contribution < -0.4 is 0 Å². The maximum absolute atomic E-state index is 5.19. The number of hydrogen-bond donors (Lipinski definition) is 0. The van der Waals surface area contributed by atoms with E-state index >= 15 is 0 Å². The first-order valence-electron chi connectivity index (χ1n) is 14.6. The molecule has 5 rings (SSSR count). The third kappa shape index (κ3) is 5.87. The summed E-state index contributed by atoms with van der Waals surface area (Å²) in [5.74, 6) is 1.67. The van der Waals surface area contributed by atoms with E-state index in [4.69, 9.17) is 4.98 Å². The summed E-state index contributed by atoms with van der Waals surface area (Å²) >= 11 is 1.90. The second kappa shape index (κ2) is 10.7. The molecule has 0 N–H and O–H groups in total. The Bertz CT molecular complexity index is 971. The summed E-state index contributed by atoms with van der Waals surface area (Å²) in [6.45, 7) is 13.5. The van der Waals surface area contributed by atoms with Gasteiger partial charge in [-0.15, -0.1) is 11.3 Å². The molecular weight excluding hydrogens is 444 g/mol. The Kier molecular flexibility index (Phi) is 7.75. The van der Waals surface area contributed by atoms with Crippen LogP contribution in [0.4, 0.5) is 0 Å². The van der Waals surface area contributed by atoms with E-state index in [2.05, 4.69) is 56.2 Å². The summed E-state index contributed by atoms with van der Waals surface area (Å²) in [7, 11) is 0. The van der Waals surface area contributed by atoms with Crippen molar-refractivity contribution in [1.29, 1.82) is 0 Å². The molecule has 2 aliphatic carbocycles. The highest BCUT2D eigenvalue weighted by Crippen LogP contribution is 2.47. The highest BCUT2D eigenvalue weighted by Gasteiger charge is 2.37. The van der Waals surface area contributed by atoms with Gasteiger partial charge in [0, 0.05) is 16.9 Å². The summed E-state index contributed by atoms with van der Waals surface area (Å²) in [6, 6.07) is 7.20. The molecule has 0 atom stereocenters. The van der Waals surface area contributed by atoms with Gasteiger partial charge in [-0.3, -0.25) is 0 Å². The van der Waals surface area contributed by atoms with Gasteiger partial charge < -0.3 is 4.90 Å². The van der Waals surface area contributed by atoms with Crippen molar-refractivity contribution in [3.8, 4) is 11.3 Å². The molecule has 3 heteroatoms. The van der Waals surface area contributed by atoms with Crippen LogP contribution in [0.1, 0.15) is 127 Å². The first-order chi connectivity index (χ1) is 16.8. The molecule has 192 valence electrons. The molecule has 0 amide bonds. The SMILES string of the molecule is CC1(C)CCC(C)(C)c2cc(-c3csc(C4CCN(CCCC5CCCCCC5)CC4)n3)ccc21. The molecule has 2 fully saturated rings. The van der Waals surface area contributed by atoms with E-state index in [-0.39, 0.29) is 10.8 Å². The molecule has 0 unspecified atom stereocenters. The molecule has 1 aromatic heterocycles. The Labute approximate surface area is 218 Å². The molecule has 1 aromatic carbocycles. The van der Waals surface area contributed by atoms with Gasteiger partial charge in [0.2, 0.25) is 0 Å². The van der Waals surface area contributed by atoms with Crippen molar-refractivity contribution in [2.75, 3.05) is 19.6 Å². The lowest BCUT2D eigenvalue weighted by Crippen LogP contribution is -2.34. The van der Waals surface area contributed by atoms with E-state index < -0.39 is 0 Å². The van der Waals surface area contributed by atoms with Gasteiger partial charge in [-0.25, -0.2) is 4.98 Å². The van der Waals surface area contributed by atoms with Gasteiger partial charge >= 0.3 is 0 Å². The molecular formula is C32H48N2S. The summed E-state index contributed by atoms with van der Waals surface area (Å²) in [6.07, 6.45) is 16.9. The summed E-state index contributed by atoms with van der Waals surface area (Å²) in [5, 5.41) is 3.69. The molecule has 3 aliphatic rings. The lowest BCUT2D eigenvalue weighted by molar-refractivity contribution is 0.203. The van der Waals surface area contributed by atoms with Crippen molar-refractivity contribution in [3.05, 3.63) is 39.7 Å². The maximum atomic E-state index is 5.19. The fourth-order valence-corrected chi connectivity index (χ4v) is 8.02. The number of aromatic nitrogens is 1. The summed E-state index contributed by atoms with van der Waals surface area (Å²) in [5.41, 5.74) is 6.12. The predicted octanol–water partition coefficient (Wildman–Crippen LogP) is 9.09. The number of likely N-dealkylation sites (tertiary alicyclic amines) is 1. The average Bonchev–Trinajstić information content (AvgIpc) is 3.20. The molecule has 0 spiro atoms. The van der Waals surface area contributed by atoms with E-state index in [1.54, 1.807) is 5.56 Å². The zero-order valence-electron chi connectivity index (χ0n) is 22.9. The average molecular weight is 493 g/mol. The first kappa shape index (κ1) is 25.5. The minimum absolute atomic E-state index is 0.253. The lowest BCUT2D eigenvalue weighted by Gasteiger charge is -2.42. The van der Waals surface area contributed by atoms with Crippen molar-refractivity contribution >= 4 is 11.3 Å². The predicted molar refractivity (Wildman–Crippen MR) is 152 cm³/mol. The minimum atomic E-state index is 0.253. The van der Waals surface area contributed by atoms with Gasteiger partial charge in [-0.1, -0.05) is 78.4 Å². The van der Waals surface area contributed by atoms with Crippen LogP contribution in [0.15, 0.2) is 23.6 Å². The Morgan fingerprint density at radius 2 is 1.57 bits per heavy atom. The van der Waals surface area contributed by atoms with Crippen LogP contribution in [0.3, 0.4) is 0 Å². The van der Waals surface area contributed by atoms with Crippen LogP contribution in [-0.2, 0) is 10.8 Å². The Hall–Kier alpha value is -1.19. The van der Waals surface area contributed by atoms with Gasteiger partial charge in [-0.2, -0.15) is 0 Å². The van der Waals surface area contributed by atoms with E-state index in [1.165, 1.54) is 119 Å². The van der Waals surface area contributed by atoms with Gasteiger partial charge in [-0.05, 0) is 92.1 Å². The fraction of sp³-hybridized carbons (Fsp3) is 0.719. The number of piperidine rings is 1. The highest BCUT2D eigenvalue weighted by molar-refractivity contribution is 7.10. The van der Waals surface area contributed by atoms with E-state index in [0.717, 1.165) is 5.92 Å². The zero-order chi connectivity index (χ0) is 24.5. The van der Waals surface area contributed by atoms with Gasteiger partial charge in [0.05, 0.1) is 10.7 Å². The molecule has 2 aromatic rings. The molecule has 1 saturated carbocycles. The number of fused-ring (bicyclic) bond motifs is 1. The van der Waals surface area contributed by atoms with Gasteiger partial charge in [0.25, 0.3) is 0 Å². The van der Waals surface area contributed by atoms with Crippen LogP contribution in [0.5, 0.6) is 0 Å². The van der Waals surface area contributed by atoms with Crippen LogP contribution in [0.25, 0.3) is 11.3 Å². The monoisotopic (exact) mass is 492 g/mol. The molecule has 0 bridgehead atoms. The van der Waals surface area contributed by atoms with Crippen molar-refractivity contribution in [1.82, 2.24) is 9.88 Å². The van der Waals surface area contributed by atoms with Gasteiger partial charge in [0.1, 0.15) is 0 Å². The number of thiazole rings is 1. The maximum Gasteiger partial charge on any atom is 0.0964 e. The van der Waals surface area contributed by atoms with E-state index in [1.807, 2.05) is 11.3 Å². The van der Waals surface area contributed by atoms with E-state index in [0.29, 0.717) is 5.92 Å². The third-order valence-electron chi connectivity index (χ3n) is 9.67. The lowest BCUT2D eigenvalue weighted by atomic mass is 9.63. The molecule has 2 heterocycles. The summed E-state index contributed by atoms with van der Waals surface area (Å²) in [4.78, 5) is 7.93. The van der Waals surface area contributed by atoms with Crippen molar-refractivity contribution in [2.45, 2.75) is 121 Å². The van der Waals surface area contributed by atoms with Gasteiger partial charge in [0.15, 0.2) is 0 Å². The fourth-order valence-electron chi connectivity index (χ4n) is 7.02. The molecule has 2 nitrogen and oxygen atoms in total. The summed E-state index contributed by atoms with van der Waals surface area (Å²) < 4.78 is 0. The number of nitrogens with zero attached hydrogens (tertiary/aromatic N) is 2. The molecule has 1 saturated heterocycles. The third-order valence-corrected chi connectivity index (χ3v) is 10.7. The second-order valence-corrected chi connectivity index (χ2v) is 14.1. The van der Waals surface area contributed by atoms with Crippen molar-refractivity contribution in [3.63, 3.8) is 0 Å². The second-order valence-electron chi connectivity index (χ2n) is 13.2. The highest BCUT2D eigenvalue weighted by atomic mass is 32.1. The number of hydrogen-bond acceptors (Lipinski definition) is 3. The molecule has 1 aliphatic heterocycles. The Balaban J connectivity index is 1.17. The van der Waals surface area contributed by atoms with Crippen molar-refractivity contribution < 1.29 is 0 Å². The largest absolute Gasteiger partial charge is 0.303 e. The van der Waals surface area contributed by atoms with Crippen LogP contribution in [0, 0.1) is 5.92 Å².